The SMILES string of the molecule is Cl.Fc1ccccc1C1CC(F)(F)CN1. The van der Waals surface area contributed by atoms with Gasteiger partial charge in [-0.05, 0) is 6.07 Å². The molecule has 0 aliphatic carbocycles. The van der Waals surface area contributed by atoms with Crippen molar-refractivity contribution in [3.63, 3.8) is 0 Å². The average molecular weight is 238 g/mol. The van der Waals surface area contributed by atoms with Crippen LogP contribution in [0.25, 0.3) is 0 Å². The molecule has 1 fully saturated rings. The number of benzene rings is 1. The van der Waals surface area contributed by atoms with E-state index in [2.05, 4.69) is 5.32 Å². The van der Waals surface area contributed by atoms with Gasteiger partial charge in [-0.2, -0.15) is 0 Å². The van der Waals surface area contributed by atoms with Crippen molar-refractivity contribution in [2.75, 3.05) is 6.54 Å². The molecule has 0 radical (unpaired) electrons. The van der Waals surface area contributed by atoms with Crippen LogP contribution in [-0.4, -0.2) is 12.5 Å². The van der Waals surface area contributed by atoms with Crippen LogP contribution in [0.2, 0.25) is 0 Å². The van der Waals surface area contributed by atoms with Crippen molar-refractivity contribution in [3.05, 3.63) is 35.6 Å². The zero-order chi connectivity index (χ0) is 10.2. The van der Waals surface area contributed by atoms with E-state index >= 15 is 0 Å². The minimum absolute atomic E-state index is 0. The van der Waals surface area contributed by atoms with Crippen LogP contribution in [-0.2, 0) is 0 Å². The highest BCUT2D eigenvalue weighted by Crippen LogP contribution is 2.34. The largest absolute Gasteiger partial charge is 0.304 e. The Morgan fingerprint density at radius 3 is 2.47 bits per heavy atom. The van der Waals surface area contributed by atoms with E-state index in [0.717, 1.165) is 0 Å². The first-order valence-electron chi connectivity index (χ1n) is 4.44. The van der Waals surface area contributed by atoms with Crippen molar-refractivity contribution in [2.24, 2.45) is 0 Å². The second-order valence-corrected chi connectivity index (χ2v) is 3.52. The smallest absolute Gasteiger partial charge is 0.262 e. The van der Waals surface area contributed by atoms with Gasteiger partial charge in [0.25, 0.3) is 5.92 Å². The van der Waals surface area contributed by atoms with Crippen LogP contribution in [0.1, 0.15) is 18.0 Å². The molecule has 1 aliphatic rings. The lowest BCUT2D eigenvalue weighted by Gasteiger charge is -2.11. The topological polar surface area (TPSA) is 12.0 Å². The maximum atomic E-state index is 13.2. The quantitative estimate of drug-likeness (QED) is 0.792. The van der Waals surface area contributed by atoms with Crippen molar-refractivity contribution < 1.29 is 13.2 Å². The van der Waals surface area contributed by atoms with E-state index < -0.39 is 17.8 Å². The maximum absolute atomic E-state index is 13.2. The zero-order valence-electron chi connectivity index (χ0n) is 7.84. The summed E-state index contributed by atoms with van der Waals surface area (Å²) in [5, 5.41) is 2.61. The highest BCUT2D eigenvalue weighted by atomic mass is 35.5. The van der Waals surface area contributed by atoms with Crippen molar-refractivity contribution in [1.82, 2.24) is 5.32 Å². The summed E-state index contributed by atoms with van der Waals surface area (Å²) in [5.74, 6) is -3.14. The molecule has 1 unspecified atom stereocenters. The van der Waals surface area contributed by atoms with Crippen molar-refractivity contribution in [1.29, 1.82) is 0 Å². The molecule has 1 nitrogen and oxygen atoms in total. The minimum atomic E-state index is -2.72. The fourth-order valence-corrected chi connectivity index (χ4v) is 1.69. The summed E-state index contributed by atoms with van der Waals surface area (Å²) < 4.78 is 38.9. The predicted molar refractivity (Wildman–Crippen MR) is 54.0 cm³/mol. The monoisotopic (exact) mass is 237 g/mol. The van der Waals surface area contributed by atoms with E-state index in [9.17, 15) is 13.2 Å². The van der Waals surface area contributed by atoms with Crippen molar-refractivity contribution in [3.8, 4) is 0 Å². The van der Waals surface area contributed by atoms with Gasteiger partial charge in [0.05, 0.1) is 6.54 Å². The van der Waals surface area contributed by atoms with E-state index in [1.54, 1.807) is 12.1 Å². The summed E-state index contributed by atoms with van der Waals surface area (Å²) >= 11 is 0. The maximum Gasteiger partial charge on any atom is 0.262 e. The summed E-state index contributed by atoms with van der Waals surface area (Å²) in [7, 11) is 0. The van der Waals surface area contributed by atoms with E-state index in [4.69, 9.17) is 0 Å². The average Bonchev–Trinajstić information content (AvgIpc) is 2.47. The summed E-state index contributed by atoms with van der Waals surface area (Å²) in [4.78, 5) is 0. The number of rotatable bonds is 1. The molecular formula is C10H11ClF3N. The summed E-state index contributed by atoms with van der Waals surface area (Å²) in [6.07, 6.45) is -0.325. The molecule has 1 aromatic rings. The number of nitrogens with one attached hydrogen (secondary N) is 1. The Morgan fingerprint density at radius 1 is 1.27 bits per heavy atom. The molecular weight excluding hydrogens is 227 g/mol. The number of hydrogen-bond acceptors (Lipinski definition) is 1. The Morgan fingerprint density at radius 2 is 1.93 bits per heavy atom. The number of halogens is 4. The van der Waals surface area contributed by atoms with Crippen LogP contribution in [0.5, 0.6) is 0 Å². The molecule has 1 saturated heterocycles. The van der Waals surface area contributed by atoms with Crippen molar-refractivity contribution in [2.45, 2.75) is 18.4 Å². The normalized spacial score (nSPS) is 23.5. The molecule has 1 atom stereocenters. The predicted octanol–water partition coefficient (Wildman–Crippen LogP) is 2.92. The first-order chi connectivity index (χ1) is 6.58. The standard InChI is InChI=1S/C10H10F3N.ClH/c11-8-4-2-1-3-7(8)9-5-10(12,13)6-14-9;/h1-4,9,14H,5-6H2;1H. The van der Waals surface area contributed by atoms with E-state index in [1.807, 2.05) is 0 Å². The molecule has 0 spiro atoms. The molecule has 1 aliphatic heterocycles. The van der Waals surface area contributed by atoms with Gasteiger partial charge < -0.3 is 5.32 Å². The molecule has 15 heavy (non-hydrogen) atoms. The molecule has 1 N–H and O–H groups in total. The van der Waals surface area contributed by atoms with Gasteiger partial charge in [-0.1, -0.05) is 18.2 Å². The second-order valence-electron chi connectivity index (χ2n) is 3.52. The van der Waals surface area contributed by atoms with Crippen LogP contribution in [0.4, 0.5) is 13.2 Å². The fourth-order valence-electron chi connectivity index (χ4n) is 1.69. The van der Waals surface area contributed by atoms with Gasteiger partial charge in [-0.3, -0.25) is 0 Å². The van der Waals surface area contributed by atoms with Crippen molar-refractivity contribution >= 4 is 12.4 Å². The third-order valence-corrected chi connectivity index (χ3v) is 2.39. The first kappa shape index (κ1) is 12.3. The number of hydrogen-bond donors (Lipinski definition) is 1. The van der Waals surface area contributed by atoms with E-state index in [1.165, 1.54) is 12.1 Å². The Kier molecular flexibility index (Phi) is 3.62. The first-order valence-corrected chi connectivity index (χ1v) is 4.44. The highest BCUT2D eigenvalue weighted by Gasteiger charge is 2.40. The minimum Gasteiger partial charge on any atom is -0.304 e. The van der Waals surface area contributed by atoms with Crippen LogP contribution >= 0.6 is 12.4 Å². The lowest BCUT2D eigenvalue weighted by Crippen LogP contribution is -2.19. The molecule has 1 aromatic carbocycles. The van der Waals surface area contributed by atoms with Crippen LogP contribution in [0.15, 0.2) is 24.3 Å². The zero-order valence-corrected chi connectivity index (χ0v) is 8.66. The third kappa shape index (κ3) is 2.63. The third-order valence-electron chi connectivity index (χ3n) is 2.39. The Balaban J connectivity index is 0.00000112. The van der Waals surface area contributed by atoms with Gasteiger partial charge in [0.1, 0.15) is 5.82 Å². The number of alkyl halides is 2. The van der Waals surface area contributed by atoms with Gasteiger partial charge in [0.2, 0.25) is 0 Å². The molecule has 0 aromatic heterocycles. The molecule has 0 bridgehead atoms. The van der Waals surface area contributed by atoms with E-state index in [0.29, 0.717) is 5.56 Å². The molecule has 84 valence electrons. The lowest BCUT2D eigenvalue weighted by molar-refractivity contribution is 0.0209. The van der Waals surface area contributed by atoms with Gasteiger partial charge >= 0.3 is 0 Å². The lowest BCUT2D eigenvalue weighted by atomic mass is 10.0. The van der Waals surface area contributed by atoms with Crippen LogP contribution in [0.3, 0.4) is 0 Å². The van der Waals surface area contributed by atoms with Crippen LogP contribution < -0.4 is 5.32 Å². The van der Waals surface area contributed by atoms with Gasteiger partial charge in [-0.15, -0.1) is 12.4 Å². The Bertz CT molecular complexity index is 343. The molecule has 5 heteroatoms. The second kappa shape index (κ2) is 4.41. The van der Waals surface area contributed by atoms with Gasteiger partial charge in [0.15, 0.2) is 0 Å². The summed E-state index contributed by atoms with van der Waals surface area (Å²) in [6.45, 7) is -0.369. The fraction of sp³-hybridized carbons (Fsp3) is 0.400. The molecule has 2 rings (SSSR count). The molecule has 1 heterocycles. The van der Waals surface area contributed by atoms with Gasteiger partial charge in [0, 0.05) is 18.0 Å². The van der Waals surface area contributed by atoms with Gasteiger partial charge in [-0.25, -0.2) is 13.2 Å². The highest BCUT2D eigenvalue weighted by molar-refractivity contribution is 5.85. The molecule has 0 amide bonds. The summed E-state index contributed by atoms with van der Waals surface area (Å²) in [6, 6.07) is 5.45. The Labute approximate surface area is 92.1 Å². The Hall–Kier alpha value is -0.740. The van der Waals surface area contributed by atoms with Crippen LogP contribution in [0, 0.1) is 5.82 Å². The molecule has 0 saturated carbocycles. The van der Waals surface area contributed by atoms with E-state index in [-0.39, 0.29) is 25.4 Å². The summed E-state index contributed by atoms with van der Waals surface area (Å²) in [5.41, 5.74) is 0.324.